The van der Waals surface area contributed by atoms with Crippen LogP contribution in [0.3, 0.4) is 0 Å². The van der Waals surface area contributed by atoms with Crippen LogP contribution in [0.15, 0.2) is 12.1 Å². The van der Waals surface area contributed by atoms with Crippen LogP contribution in [0.25, 0.3) is 0 Å². The second kappa shape index (κ2) is 5.44. The average Bonchev–Trinajstić information content (AvgIpc) is 2.22. The van der Waals surface area contributed by atoms with Crippen molar-refractivity contribution in [1.29, 1.82) is 0 Å². The lowest BCUT2D eigenvalue weighted by molar-refractivity contribution is -0.138. The van der Waals surface area contributed by atoms with Crippen LogP contribution >= 0.6 is 11.6 Å². The largest absolute Gasteiger partial charge is 0.480 e. The highest BCUT2D eigenvalue weighted by atomic mass is 35.5. The Bertz CT molecular complexity index is 440. The van der Waals surface area contributed by atoms with Crippen molar-refractivity contribution in [2.75, 3.05) is 0 Å². The van der Waals surface area contributed by atoms with Crippen molar-refractivity contribution in [2.45, 2.75) is 25.4 Å². The third kappa shape index (κ3) is 3.39. The highest BCUT2D eigenvalue weighted by Gasteiger charge is 2.19. The maximum absolute atomic E-state index is 13.4. The molecule has 0 saturated heterocycles. The summed E-state index contributed by atoms with van der Waals surface area (Å²) in [6, 6.07) is 0.879. The van der Waals surface area contributed by atoms with Gasteiger partial charge in [-0.1, -0.05) is 11.6 Å². The summed E-state index contributed by atoms with van der Waals surface area (Å²) in [5.41, 5.74) is 11.9. The van der Waals surface area contributed by atoms with E-state index >= 15 is 0 Å². The standard InChI is InChI=1S/C11H14ClFN2O2/c1-5-2-7(12)6(3-8(5)13)9(14)4-10(15)11(16)17/h2-3,9-10H,4,14-15H2,1H3,(H,16,17). The Balaban J connectivity index is 2.92. The van der Waals surface area contributed by atoms with Gasteiger partial charge in [-0.25, -0.2) is 4.39 Å². The van der Waals surface area contributed by atoms with Gasteiger partial charge in [-0.3, -0.25) is 4.79 Å². The zero-order chi connectivity index (χ0) is 13.2. The molecule has 2 unspecified atom stereocenters. The summed E-state index contributed by atoms with van der Waals surface area (Å²) in [7, 11) is 0. The molecule has 0 aromatic heterocycles. The molecule has 0 aliphatic carbocycles. The Morgan fingerprint density at radius 3 is 2.65 bits per heavy atom. The van der Waals surface area contributed by atoms with Crippen LogP contribution in [0.2, 0.25) is 5.02 Å². The van der Waals surface area contributed by atoms with Crippen molar-refractivity contribution >= 4 is 17.6 Å². The molecule has 1 rings (SSSR count). The molecular weight excluding hydrogens is 247 g/mol. The summed E-state index contributed by atoms with van der Waals surface area (Å²) in [5.74, 6) is -1.58. The van der Waals surface area contributed by atoms with Crippen LogP contribution in [-0.2, 0) is 4.79 Å². The maximum atomic E-state index is 13.4. The molecule has 0 bridgehead atoms. The molecule has 5 N–H and O–H groups in total. The van der Waals surface area contributed by atoms with E-state index in [0.29, 0.717) is 16.1 Å². The number of carboxylic acid groups (broad SMARTS) is 1. The molecule has 0 spiro atoms. The Kier molecular flexibility index (Phi) is 4.45. The highest BCUT2D eigenvalue weighted by Crippen LogP contribution is 2.27. The van der Waals surface area contributed by atoms with Crippen molar-refractivity contribution in [1.82, 2.24) is 0 Å². The first-order valence-electron chi connectivity index (χ1n) is 5.02. The molecule has 0 saturated carbocycles. The van der Waals surface area contributed by atoms with E-state index in [1.54, 1.807) is 6.92 Å². The first-order chi connectivity index (χ1) is 7.82. The van der Waals surface area contributed by atoms with E-state index in [1.807, 2.05) is 0 Å². The second-order valence-corrected chi connectivity index (χ2v) is 4.32. The van der Waals surface area contributed by atoms with Crippen LogP contribution in [0.1, 0.15) is 23.6 Å². The minimum Gasteiger partial charge on any atom is -0.480 e. The number of benzene rings is 1. The van der Waals surface area contributed by atoms with Gasteiger partial charge in [0.2, 0.25) is 0 Å². The maximum Gasteiger partial charge on any atom is 0.320 e. The van der Waals surface area contributed by atoms with Crippen molar-refractivity contribution in [3.63, 3.8) is 0 Å². The highest BCUT2D eigenvalue weighted by molar-refractivity contribution is 6.31. The first-order valence-corrected chi connectivity index (χ1v) is 5.40. The minimum atomic E-state index is -1.15. The van der Waals surface area contributed by atoms with Crippen molar-refractivity contribution in [3.05, 3.63) is 34.1 Å². The van der Waals surface area contributed by atoms with Crippen LogP contribution in [0, 0.1) is 12.7 Å². The van der Waals surface area contributed by atoms with Gasteiger partial charge < -0.3 is 16.6 Å². The number of hydrogen-bond acceptors (Lipinski definition) is 3. The van der Waals surface area contributed by atoms with Crippen LogP contribution in [0.4, 0.5) is 4.39 Å². The van der Waals surface area contributed by atoms with E-state index in [4.69, 9.17) is 28.2 Å². The predicted octanol–water partition coefficient (Wildman–Crippen LogP) is 1.59. The second-order valence-electron chi connectivity index (χ2n) is 3.91. The molecule has 0 heterocycles. The molecule has 94 valence electrons. The topological polar surface area (TPSA) is 89.3 Å². The molecule has 0 radical (unpaired) electrons. The molecule has 1 aromatic rings. The smallest absolute Gasteiger partial charge is 0.320 e. The molecule has 2 atom stereocenters. The molecule has 0 aliphatic heterocycles. The van der Waals surface area contributed by atoms with E-state index in [-0.39, 0.29) is 6.42 Å². The molecule has 1 aromatic carbocycles. The molecule has 4 nitrogen and oxygen atoms in total. The van der Waals surface area contributed by atoms with Gasteiger partial charge in [-0.05, 0) is 36.6 Å². The lowest BCUT2D eigenvalue weighted by Crippen LogP contribution is -2.33. The Labute approximate surface area is 103 Å². The summed E-state index contributed by atoms with van der Waals surface area (Å²) < 4.78 is 13.4. The quantitative estimate of drug-likeness (QED) is 0.767. The third-order valence-corrected chi connectivity index (χ3v) is 2.83. The molecule has 0 aliphatic rings. The van der Waals surface area contributed by atoms with Gasteiger partial charge >= 0.3 is 5.97 Å². The van der Waals surface area contributed by atoms with E-state index in [0.717, 1.165) is 0 Å². The number of nitrogens with two attached hydrogens (primary N) is 2. The number of hydrogen-bond donors (Lipinski definition) is 3. The van der Waals surface area contributed by atoms with Crippen LogP contribution in [-0.4, -0.2) is 17.1 Å². The minimum absolute atomic E-state index is 0.00243. The van der Waals surface area contributed by atoms with Crippen molar-refractivity contribution < 1.29 is 14.3 Å². The fourth-order valence-electron chi connectivity index (χ4n) is 1.45. The van der Waals surface area contributed by atoms with E-state index < -0.39 is 23.9 Å². The average molecular weight is 261 g/mol. The predicted molar refractivity (Wildman–Crippen MR) is 63.3 cm³/mol. The molecule has 17 heavy (non-hydrogen) atoms. The third-order valence-electron chi connectivity index (χ3n) is 2.50. The number of halogens is 2. The van der Waals surface area contributed by atoms with Crippen LogP contribution in [0.5, 0.6) is 0 Å². The summed E-state index contributed by atoms with van der Waals surface area (Å²) >= 11 is 5.92. The molecule has 0 amide bonds. The SMILES string of the molecule is Cc1cc(Cl)c(C(N)CC(N)C(=O)O)cc1F. The van der Waals surface area contributed by atoms with Gasteiger partial charge in [0.25, 0.3) is 0 Å². The molecule has 0 fully saturated rings. The van der Waals surface area contributed by atoms with E-state index in [1.165, 1.54) is 12.1 Å². The van der Waals surface area contributed by atoms with Gasteiger partial charge in [-0.2, -0.15) is 0 Å². The summed E-state index contributed by atoms with van der Waals surface area (Å²) in [6.45, 7) is 1.58. The molecule has 6 heteroatoms. The van der Waals surface area contributed by atoms with Crippen LogP contribution < -0.4 is 11.5 Å². The lowest BCUT2D eigenvalue weighted by Gasteiger charge is -2.16. The van der Waals surface area contributed by atoms with Crippen molar-refractivity contribution in [3.8, 4) is 0 Å². The Hall–Kier alpha value is -1.17. The number of rotatable bonds is 4. The number of aryl methyl sites for hydroxylation is 1. The van der Waals surface area contributed by atoms with Gasteiger partial charge in [0.05, 0.1) is 0 Å². The monoisotopic (exact) mass is 260 g/mol. The number of aliphatic carboxylic acids is 1. The zero-order valence-corrected chi connectivity index (χ0v) is 10.0. The Morgan fingerprint density at radius 2 is 2.12 bits per heavy atom. The van der Waals surface area contributed by atoms with E-state index in [9.17, 15) is 9.18 Å². The van der Waals surface area contributed by atoms with E-state index in [2.05, 4.69) is 0 Å². The normalized spacial score (nSPS) is 14.4. The van der Waals surface area contributed by atoms with Gasteiger partial charge in [0, 0.05) is 11.1 Å². The van der Waals surface area contributed by atoms with Gasteiger partial charge in [-0.15, -0.1) is 0 Å². The van der Waals surface area contributed by atoms with Gasteiger partial charge in [0.15, 0.2) is 0 Å². The number of carbonyl (C=O) groups is 1. The number of carboxylic acids is 1. The summed E-state index contributed by atoms with van der Waals surface area (Å²) in [5, 5.41) is 8.97. The van der Waals surface area contributed by atoms with Crippen molar-refractivity contribution in [2.24, 2.45) is 11.5 Å². The van der Waals surface area contributed by atoms with Gasteiger partial charge in [0.1, 0.15) is 11.9 Å². The Morgan fingerprint density at radius 1 is 1.53 bits per heavy atom. The summed E-state index contributed by atoms with van der Waals surface area (Å²) in [4.78, 5) is 10.6. The first kappa shape index (κ1) is 13.9. The fraction of sp³-hybridized carbons (Fsp3) is 0.364. The lowest BCUT2D eigenvalue weighted by atomic mass is 9.99. The fourth-order valence-corrected chi connectivity index (χ4v) is 1.81. The summed E-state index contributed by atoms with van der Waals surface area (Å²) in [6.07, 6.45) is -0.00243. The zero-order valence-electron chi connectivity index (χ0n) is 9.28. The molecular formula is C11H14ClFN2O2.